The molecule has 1 aromatic rings. The predicted octanol–water partition coefficient (Wildman–Crippen LogP) is 3.22. The topological polar surface area (TPSA) is 42.4 Å². The summed E-state index contributed by atoms with van der Waals surface area (Å²) in [6, 6.07) is 1.80. The van der Waals surface area contributed by atoms with Crippen LogP contribution in [0.3, 0.4) is 0 Å². The van der Waals surface area contributed by atoms with Crippen molar-refractivity contribution in [3.8, 4) is 0 Å². The van der Waals surface area contributed by atoms with Crippen LogP contribution in [0.2, 0.25) is 0 Å². The summed E-state index contributed by atoms with van der Waals surface area (Å²) in [4.78, 5) is 17.1. The van der Waals surface area contributed by atoms with Gasteiger partial charge in [0, 0.05) is 17.7 Å². The fourth-order valence-corrected chi connectivity index (χ4v) is 1.37. The molecule has 1 aromatic heterocycles. The van der Waals surface area contributed by atoms with Crippen LogP contribution in [0.4, 0.5) is 10.5 Å². The van der Waals surface area contributed by atoms with Gasteiger partial charge in [-0.1, -0.05) is 0 Å². The molecule has 0 N–H and O–H groups in total. The molecule has 0 aliphatic heterocycles. The van der Waals surface area contributed by atoms with Gasteiger partial charge in [0.15, 0.2) is 0 Å². The highest BCUT2D eigenvalue weighted by molar-refractivity contribution is 9.10. The molecule has 0 atom stereocenters. The third-order valence-electron chi connectivity index (χ3n) is 1.75. The lowest BCUT2D eigenvalue weighted by Crippen LogP contribution is -2.34. The molecular formula is C11H15BrN2O2. The first kappa shape index (κ1) is 13.0. The van der Waals surface area contributed by atoms with Crippen LogP contribution in [0.25, 0.3) is 0 Å². The van der Waals surface area contributed by atoms with Crippen molar-refractivity contribution in [3.05, 3.63) is 22.9 Å². The first-order valence-electron chi connectivity index (χ1n) is 4.87. The van der Waals surface area contributed by atoms with Gasteiger partial charge < -0.3 is 4.74 Å². The second-order valence-electron chi connectivity index (χ2n) is 4.40. The van der Waals surface area contributed by atoms with Crippen LogP contribution in [0.5, 0.6) is 0 Å². The standard InChI is InChI=1S/C11H15BrN2O2/c1-11(2,3)16-10(15)14(4)9-5-8(12)6-13-7-9/h5-7H,1-4H3. The first-order chi connectivity index (χ1) is 7.29. The molecule has 16 heavy (non-hydrogen) atoms. The number of rotatable bonds is 1. The number of halogens is 1. The molecule has 0 spiro atoms. The minimum atomic E-state index is -0.495. The summed E-state index contributed by atoms with van der Waals surface area (Å²) < 4.78 is 6.06. The molecule has 4 nitrogen and oxygen atoms in total. The summed E-state index contributed by atoms with van der Waals surface area (Å²) >= 11 is 3.30. The van der Waals surface area contributed by atoms with E-state index in [0.717, 1.165) is 4.47 Å². The number of pyridine rings is 1. The van der Waals surface area contributed by atoms with E-state index in [1.165, 1.54) is 4.90 Å². The number of amides is 1. The Labute approximate surface area is 104 Å². The second-order valence-corrected chi connectivity index (χ2v) is 5.32. The van der Waals surface area contributed by atoms with E-state index in [9.17, 15) is 4.79 Å². The van der Waals surface area contributed by atoms with Gasteiger partial charge in [-0.25, -0.2) is 4.79 Å². The van der Waals surface area contributed by atoms with Crippen molar-refractivity contribution in [3.63, 3.8) is 0 Å². The summed E-state index contributed by atoms with van der Waals surface area (Å²) in [7, 11) is 1.65. The summed E-state index contributed by atoms with van der Waals surface area (Å²) in [5.74, 6) is 0. The average Bonchev–Trinajstić information content (AvgIpc) is 2.14. The molecule has 1 heterocycles. The maximum absolute atomic E-state index is 11.7. The van der Waals surface area contributed by atoms with Crippen LogP contribution in [-0.4, -0.2) is 23.7 Å². The van der Waals surface area contributed by atoms with Crippen molar-refractivity contribution in [1.29, 1.82) is 0 Å². The van der Waals surface area contributed by atoms with Crippen LogP contribution >= 0.6 is 15.9 Å². The minimum Gasteiger partial charge on any atom is -0.443 e. The minimum absolute atomic E-state index is 0.396. The van der Waals surface area contributed by atoms with E-state index in [1.54, 1.807) is 25.5 Å². The van der Waals surface area contributed by atoms with Crippen molar-refractivity contribution in [1.82, 2.24) is 4.98 Å². The molecule has 0 aliphatic carbocycles. The van der Waals surface area contributed by atoms with Gasteiger partial charge >= 0.3 is 6.09 Å². The number of hydrogen-bond donors (Lipinski definition) is 0. The van der Waals surface area contributed by atoms with Crippen molar-refractivity contribution in [2.75, 3.05) is 11.9 Å². The maximum atomic E-state index is 11.7. The third-order valence-corrected chi connectivity index (χ3v) is 2.18. The van der Waals surface area contributed by atoms with Crippen molar-refractivity contribution in [2.24, 2.45) is 0 Å². The molecule has 1 amide bonds. The zero-order chi connectivity index (χ0) is 12.3. The SMILES string of the molecule is CN(C(=O)OC(C)(C)C)c1cncc(Br)c1. The van der Waals surface area contributed by atoms with Gasteiger partial charge in [-0.2, -0.15) is 0 Å². The predicted molar refractivity (Wildman–Crippen MR) is 66.6 cm³/mol. The molecule has 5 heteroatoms. The zero-order valence-electron chi connectivity index (χ0n) is 9.82. The molecule has 0 fully saturated rings. The lowest BCUT2D eigenvalue weighted by Gasteiger charge is -2.24. The molecule has 0 bridgehead atoms. The number of carbonyl (C=O) groups is 1. The lowest BCUT2D eigenvalue weighted by atomic mass is 10.2. The van der Waals surface area contributed by atoms with E-state index >= 15 is 0 Å². The molecule has 1 rings (SSSR count). The fourth-order valence-electron chi connectivity index (χ4n) is 1.02. The maximum Gasteiger partial charge on any atom is 0.414 e. The monoisotopic (exact) mass is 286 g/mol. The number of anilines is 1. The van der Waals surface area contributed by atoms with E-state index < -0.39 is 11.7 Å². The quantitative estimate of drug-likeness (QED) is 0.796. The smallest absolute Gasteiger partial charge is 0.414 e. The summed E-state index contributed by atoms with van der Waals surface area (Å²) in [6.07, 6.45) is 2.87. The van der Waals surface area contributed by atoms with Crippen molar-refractivity contribution in [2.45, 2.75) is 26.4 Å². The molecule has 0 aliphatic rings. The van der Waals surface area contributed by atoms with Gasteiger partial charge in [-0.05, 0) is 42.8 Å². The molecule has 0 radical (unpaired) electrons. The average molecular weight is 287 g/mol. The van der Waals surface area contributed by atoms with Gasteiger partial charge in [-0.15, -0.1) is 0 Å². The molecule has 0 saturated carbocycles. The Bertz CT molecular complexity index is 388. The molecule has 88 valence electrons. The molecular weight excluding hydrogens is 272 g/mol. The number of ether oxygens (including phenoxy) is 1. The molecule has 0 saturated heterocycles. The van der Waals surface area contributed by atoms with Crippen LogP contribution in [0, 0.1) is 0 Å². The summed E-state index contributed by atoms with van der Waals surface area (Å²) in [5.41, 5.74) is 0.189. The highest BCUT2D eigenvalue weighted by Crippen LogP contribution is 2.19. The van der Waals surface area contributed by atoms with Crippen LogP contribution in [0.15, 0.2) is 22.9 Å². The third kappa shape index (κ3) is 3.81. The van der Waals surface area contributed by atoms with Crippen LogP contribution < -0.4 is 4.90 Å². The number of nitrogens with zero attached hydrogens (tertiary/aromatic N) is 2. The van der Waals surface area contributed by atoms with Crippen LogP contribution in [0.1, 0.15) is 20.8 Å². The molecule has 0 unspecified atom stereocenters. The number of carbonyl (C=O) groups excluding carboxylic acids is 1. The van der Waals surface area contributed by atoms with Crippen molar-refractivity contribution >= 4 is 27.7 Å². The van der Waals surface area contributed by atoms with Gasteiger partial charge in [0.05, 0.1) is 11.9 Å². The Morgan fingerprint density at radius 3 is 2.56 bits per heavy atom. The Morgan fingerprint density at radius 2 is 2.06 bits per heavy atom. The van der Waals surface area contributed by atoms with E-state index in [0.29, 0.717) is 5.69 Å². The summed E-state index contributed by atoms with van der Waals surface area (Å²) in [5, 5.41) is 0. The van der Waals surface area contributed by atoms with E-state index in [1.807, 2.05) is 20.8 Å². The van der Waals surface area contributed by atoms with E-state index in [2.05, 4.69) is 20.9 Å². The highest BCUT2D eigenvalue weighted by atomic mass is 79.9. The highest BCUT2D eigenvalue weighted by Gasteiger charge is 2.20. The fraction of sp³-hybridized carbons (Fsp3) is 0.455. The molecule has 0 aromatic carbocycles. The number of aromatic nitrogens is 1. The summed E-state index contributed by atoms with van der Waals surface area (Å²) in [6.45, 7) is 5.49. The van der Waals surface area contributed by atoms with Gasteiger partial charge in [-0.3, -0.25) is 9.88 Å². The lowest BCUT2D eigenvalue weighted by molar-refractivity contribution is 0.0589. The normalized spacial score (nSPS) is 11.1. The second kappa shape index (κ2) is 4.82. The Hall–Kier alpha value is -1.10. The van der Waals surface area contributed by atoms with Gasteiger partial charge in [0.1, 0.15) is 5.60 Å². The van der Waals surface area contributed by atoms with Gasteiger partial charge in [0.2, 0.25) is 0 Å². The number of hydrogen-bond acceptors (Lipinski definition) is 3. The van der Waals surface area contributed by atoms with Crippen LogP contribution in [-0.2, 0) is 4.74 Å². The Morgan fingerprint density at radius 1 is 1.44 bits per heavy atom. The van der Waals surface area contributed by atoms with Crippen molar-refractivity contribution < 1.29 is 9.53 Å². The van der Waals surface area contributed by atoms with E-state index in [-0.39, 0.29) is 0 Å². The zero-order valence-corrected chi connectivity index (χ0v) is 11.4. The van der Waals surface area contributed by atoms with Gasteiger partial charge in [0.25, 0.3) is 0 Å². The first-order valence-corrected chi connectivity index (χ1v) is 5.66. The largest absolute Gasteiger partial charge is 0.443 e. The van der Waals surface area contributed by atoms with E-state index in [4.69, 9.17) is 4.74 Å². The Balaban J connectivity index is 2.78. The Kier molecular flexibility index (Phi) is 3.91.